The Kier molecular flexibility index (Phi) is 4.15. The number of carbonyl (C=O) groups is 3. The maximum Gasteiger partial charge on any atom is 0.239 e. The van der Waals surface area contributed by atoms with Gasteiger partial charge in [0, 0.05) is 5.92 Å². The number of ketones is 1. The van der Waals surface area contributed by atoms with Gasteiger partial charge in [0.25, 0.3) is 0 Å². The Balaban J connectivity index is 1.64. The van der Waals surface area contributed by atoms with Gasteiger partial charge >= 0.3 is 0 Å². The molecule has 33 heavy (non-hydrogen) atoms. The van der Waals surface area contributed by atoms with Crippen molar-refractivity contribution in [2.24, 2.45) is 11.8 Å². The van der Waals surface area contributed by atoms with E-state index in [2.05, 4.69) is 0 Å². The zero-order valence-corrected chi connectivity index (χ0v) is 18.4. The lowest BCUT2D eigenvalue weighted by Crippen LogP contribution is -2.57. The van der Waals surface area contributed by atoms with E-state index in [0.29, 0.717) is 18.0 Å². The Morgan fingerprint density at radius 2 is 1.45 bits per heavy atom. The molecule has 0 radical (unpaired) electrons. The Labute approximate surface area is 192 Å². The average Bonchev–Trinajstić information content (AvgIpc) is 3.10. The second-order valence-corrected chi connectivity index (χ2v) is 8.93. The summed E-state index contributed by atoms with van der Waals surface area (Å²) in [5.74, 6) is -1.92. The minimum Gasteiger partial charge on any atom is -0.492 e. The van der Waals surface area contributed by atoms with Crippen molar-refractivity contribution < 1.29 is 19.1 Å². The SMILES string of the molecule is CCOc1ccccc1N1C(=O)[C@@H]2C3c4ccccc4C(C(C)=O)(c4ccccc43)[C@H]2C1=O. The molecule has 1 saturated heterocycles. The van der Waals surface area contributed by atoms with Crippen molar-refractivity contribution in [3.05, 3.63) is 95.1 Å². The number of hydrogen-bond acceptors (Lipinski definition) is 4. The summed E-state index contributed by atoms with van der Waals surface area (Å²) in [6.45, 7) is 3.82. The summed E-state index contributed by atoms with van der Waals surface area (Å²) in [6.07, 6.45) is 0. The molecule has 7 rings (SSSR count). The van der Waals surface area contributed by atoms with Crippen LogP contribution >= 0.6 is 0 Å². The predicted molar refractivity (Wildman–Crippen MR) is 123 cm³/mol. The Hall–Kier alpha value is -3.73. The molecule has 164 valence electrons. The van der Waals surface area contributed by atoms with Crippen molar-refractivity contribution in [2.75, 3.05) is 11.5 Å². The van der Waals surface area contributed by atoms with E-state index < -0.39 is 17.3 Å². The van der Waals surface area contributed by atoms with Crippen molar-refractivity contribution in [3.8, 4) is 5.75 Å². The topological polar surface area (TPSA) is 63.7 Å². The number of ether oxygens (including phenoxy) is 1. The highest BCUT2D eigenvalue weighted by Gasteiger charge is 2.70. The van der Waals surface area contributed by atoms with Crippen LogP contribution in [0.4, 0.5) is 5.69 Å². The van der Waals surface area contributed by atoms with Crippen LogP contribution in [0.25, 0.3) is 0 Å². The molecule has 5 nitrogen and oxygen atoms in total. The van der Waals surface area contributed by atoms with Crippen LogP contribution < -0.4 is 9.64 Å². The Morgan fingerprint density at radius 1 is 0.879 bits per heavy atom. The minimum absolute atomic E-state index is 0.114. The number of Topliss-reactive ketones (excluding diaryl/α,β-unsaturated/α-hetero) is 1. The molecule has 0 N–H and O–H groups in total. The van der Waals surface area contributed by atoms with Gasteiger partial charge in [-0.05, 0) is 48.2 Å². The van der Waals surface area contributed by atoms with Crippen molar-refractivity contribution in [2.45, 2.75) is 25.2 Å². The first-order valence-electron chi connectivity index (χ1n) is 11.3. The van der Waals surface area contributed by atoms with E-state index in [4.69, 9.17) is 4.74 Å². The van der Waals surface area contributed by atoms with E-state index in [1.807, 2.05) is 61.5 Å². The molecule has 0 aromatic heterocycles. The van der Waals surface area contributed by atoms with E-state index in [1.54, 1.807) is 25.1 Å². The number of imide groups is 1. The van der Waals surface area contributed by atoms with Crippen LogP contribution in [-0.4, -0.2) is 24.2 Å². The first-order valence-corrected chi connectivity index (χ1v) is 11.3. The Morgan fingerprint density at radius 3 is 2.06 bits per heavy atom. The summed E-state index contributed by atoms with van der Waals surface area (Å²) in [6, 6.07) is 22.7. The lowest BCUT2D eigenvalue weighted by atomic mass is 9.46. The van der Waals surface area contributed by atoms with Gasteiger partial charge < -0.3 is 4.74 Å². The lowest BCUT2D eigenvalue weighted by Gasteiger charge is -2.52. The first kappa shape index (κ1) is 19.9. The van der Waals surface area contributed by atoms with Crippen LogP contribution in [0.5, 0.6) is 5.75 Å². The zero-order valence-electron chi connectivity index (χ0n) is 18.4. The van der Waals surface area contributed by atoms with Gasteiger partial charge in [0.1, 0.15) is 11.5 Å². The van der Waals surface area contributed by atoms with E-state index in [1.165, 1.54) is 4.90 Å². The summed E-state index contributed by atoms with van der Waals surface area (Å²) < 4.78 is 5.75. The molecule has 0 spiro atoms. The summed E-state index contributed by atoms with van der Waals surface area (Å²) in [4.78, 5) is 43.0. The number of nitrogens with zero attached hydrogens (tertiary/aromatic N) is 1. The van der Waals surface area contributed by atoms with Gasteiger partial charge in [0.05, 0.1) is 29.5 Å². The molecule has 2 atom stereocenters. The quantitative estimate of drug-likeness (QED) is 0.573. The highest BCUT2D eigenvalue weighted by molar-refractivity contribution is 6.26. The molecule has 1 fully saturated rings. The van der Waals surface area contributed by atoms with E-state index >= 15 is 0 Å². The molecule has 2 bridgehead atoms. The van der Waals surface area contributed by atoms with Crippen molar-refractivity contribution in [1.82, 2.24) is 0 Å². The highest BCUT2D eigenvalue weighted by Crippen LogP contribution is 2.64. The van der Waals surface area contributed by atoms with Crippen molar-refractivity contribution in [1.29, 1.82) is 0 Å². The van der Waals surface area contributed by atoms with Gasteiger partial charge in [-0.25, -0.2) is 4.90 Å². The fourth-order valence-electron chi connectivity index (χ4n) is 6.53. The summed E-state index contributed by atoms with van der Waals surface area (Å²) in [5, 5.41) is 0. The maximum absolute atomic E-state index is 14.1. The molecule has 3 aromatic carbocycles. The lowest BCUT2D eigenvalue weighted by molar-refractivity contribution is -0.132. The number of benzene rings is 3. The molecule has 5 heteroatoms. The highest BCUT2D eigenvalue weighted by atomic mass is 16.5. The second kappa shape index (κ2) is 6.88. The predicted octanol–water partition coefficient (Wildman–Crippen LogP) is 4.23. The number of carbonyl (C=O) groups excluding carboxylic acids is 3. The molecule has 1 aliphatic heterocycles. The van der Waals surface area contributed by atoms with Gasteiger partial charge in [-0.2, -0.15) is 0 Å². The number of amides is 2. The van der Waals surface area contributed by atoms with Crippen LogP contribution in [-0.2, 0) is 19.8 Å². The zero-order chi connectivity index (χ0) is 22.9. The third-order valence-electron chi connectivity index (χ3n) is 7.58. The Bertz CT molecular complexity index is 1300. The van der Waals surface area contributed by atoms with E-state index in [0.717, 1.165) is 22.3 Å². The van der Waals surface area contributed by atoms with Crippen molar-refractivity contribution >= 4 is 23.3 Å². The molecular formula is C28H23NO4. The number of rotatable bonds is 4. The number of hydrogen-bond donors (Lipinski definition) is 0. The largest absolute Gasteiger partial charge is 0.492 e. The maximum atomic E-state index is 14.1. The van der Waals surface area contributed by atoms with Crippen LogP contribution in [0.1, 0.15) is 42.0 Å². The fraction of sp³-hybridized carbons (Fsp3) is 0.250. The number of para-hydroxylation sites is 2. The fourth-order valence-corrected chi connectivity index (χ4v) is 6.53. The standard InChI is InChI=1S/C28H23NO4/c1-3-33-22-15-9-8-14-21(22)29-26(31)24-23-17-10-4-6-12-19(17)28(16(2)30,25(24)27(29)32)20-13-7-5-11-18(20)23/h4-15,23-25H,3H2,1-2H3/t23?,24-,25-,28?/m1/s1. The molecule has 3 aromatic rings. The molecule has 0 saturated carbocycles. The molecule has 4 aliphatic rings. The van der Waals surface area contributed by atoms with Gasteiger partial charge in [0.2, 0.25) is 11.8 Å². The van der Waals surface area contributed by atoms with Gasteiger partial charge in [-0.1, -0.05) is 60.7 Å². The van der Waals surface area contributed by atoms with Crippen LogP contribution in [0.15, 0.2) is 72.8 Å². The van der Waals surface area contributed by atoms with Crippen LogP contribution in [0.3, 0.4) is 0 Å². The monoisotopic (exact) mass is 437 g/mol. The number of anilines is 1. The second-order valence-electron chi connectivity index (χ2n) is 8.93. The average molecular weight is 437 g/mol. The third kappa shape index (κ3) is 2.29. The summed E-state index contributed by atoms with van der Waals surface area (Å²) >= 11 is 0. The molecule has 3 aliphatic carbocycles. The molecular weight excluding hydrogens is 414 g/mol. The summed E-state index contributed by atoms with van der Waals surface area (Å²) in [7, 11) is 0. The first-order chi connectivity index (χ1) is 16.0. The minimum atomic E-state index is -1.19. The normalized spacial score (nSPS) is 26.6. The molecule has 1 heterocycles. The summed E-state index contributed by atoms with van der Waals surface area (Å²) in [5.41, 5.74) is 2.89. The smallest absolute Gasteiger partial charge is 0.239 e. The van der Waals surface area contributed by atoms with Gasteiger partial charge in [0.15, 0.2) is 0 Å². The third-order valence-corrected chi connectivity index (χ3v) is 7.58. The van der Waals surface area contributed by atoms with Crippen molar-refractivity contribution in [3.63, 3.8) is 0 Å². The van der Waals surface area contributed by atoms with Crippen LogP contribution in [0.2, 0.25) is 0 Å². The van der Waals surface area contributed by atoms with Gasteiger partial charge in [-0.15, -0.1) is 0 Å². The molecule has 2 amide bonds. The van der Waals surface area contributed by atoms with E-state index in [-0.39, 0.29) is 23.5 Å². The van der Waals surface area contributed by atoms with E-state index in [9.17, 15) is 14.4 Å². The molecule has 0 unspecified atom stereocenters. The van der Waals surface area contributed by atoms with Crippen LogP contribution in [0, 0.1) is 11.8 Å². The van der Waals surface area contributed by atoms with Gasteiger partial charge in [-0.3, -0.25) is 14.4 Å².